The lowest BCUT2D eigenvalue weighted by Gasteiger charge is -2.09. The van der Waals surface area contributed by atoms with Crippen molar-refractivity contribution < 1.29 is 33.3 Å². The molecule has 9 nitrogen and oxygen atoms in total. The number of hydrogen-bond donors (Lipinski definition) is 2. The largest absolute Gasteiger partial charge is 0.497 e. The Hall–Kier alpha value is -4.53. The van der Waals surface area contributed by atoms with Crippen molar-refractivity contribution in [3.05, 3.63) is 83.9 Å². The summed E-state index contributed by atoms with van der Waals surface area (Å²) in [6.45, 7) is -0.315. The summed E-state index contributed by atoms with van der Waals surface area (Å²) in [6, 6.07) is 20.3. The van der Waals surface area contributed by atoms with Crippen LogP contribution in [0.2, 0.25) is 0 Å². The van der Waals surface area contributed by atoms with Crippen molar-refractivity contribution in [3.8, 4) is 17.2 Å². The number of esters is 1. The van der Waals surface area contributed by atoms with Crippen LogP contribution >= 0.6 is 0 Å². The van der Waals surface area contributed by atoms with Gasteiger partial charge in [-0.15, -0.1) is 0 Å². The molecule has 0 unspecified atom stereocenters. The summed E-state index contributed by atoms with van der Waals surface area (Å²) < 4.78 is 20.7. The molecule has 0 radical (unpaired) electrons. The van der Waals surface area contributed by atoms with Gasteiger partial charge in [-0.2, -0.15) is 0 Å². The fourth-order valence-corrected chi connectivity index (χ4v) is 2.94. The topological polar surface area (TPSA) is 112 Å². The lowest BCUT2D eigenvalue weighted by atomic mass is 10.2. The fourth-order valence-electron chi connectivity index (χ4n) is 2.94. The molecule has 9 heteroatoms. The van der Waals surface area contributed by atoms with Crippen LogP contribution in [-0.4, -0.2) is 45.2 Å². The first-order valence-electron chi connectivity index (χ1n) is 10.7. The van der Waals surface area contributed by atoms with E-state index in [1.807, 2.05) is 12.1 Å². The molecular formula is C26H26N2O7. The summed E-state index contributed by atoms with van der Waals surface area (Å²) in [5.74, 6) is 0.341. The summed E-state index contributed by atoms with van der Waals surface area (Å²) in [7, 11) is 3.12. The Morgan fingerprint density at radius 1 is 0.743 bits per heavy atom. The van der Waals surface area contributed by atoms with Gasteiger partial charge in [0.2, 0.25) is 0 Å². The average Bonchev–Trinajstić information content (AvgIpc) is 2.90. The van der Waals surface area contributed by atoms with E-state index >= 15 is 0 Å². The SMILES string of the molecule is COc1ccc(CNC(=O)COC(=O)c2ccc(OCC(=O)Nc3cccc(OC)c3)cc2)cc1. The minimum atomic E-state index is -0.646. The van der Waals surface area contributed by atoms with E-state index in [-0.39, 0.29) is 18.1 Å². The predicted molar refractivity (Wildman–Crippen MR) is 129 cm³/mol. The van der Waals surface area contributed by atoms with Crippen molar-refractivity contribution in [1.82, 2.24) is 5.32 Å². The molecule has 3 aromatic carbocycles. The standard InChI is InChI=1S/C26H26N2O7/c1-32-21-10-6-18(7-11-21)15-27-24(29)16-35-26(31)19-8-12-22(13-9-19)34-17-25(30)28-20-4-3-5-23(14-20)33-2/h3-14H,15-17H2,1-2H3,(H,27,29)(H,28,30). The molecule has 0 aliphatic heterocycles. The van der Waals surface area contributed by atoms with Crippen LogP contribution in [0.5, 0.6) is 17.2 Å². The minimum Gasteiger partial charge on any atom is -0.497 e. The number of benzene rings is 3. The number of carbonyl (C=O) groups excluding carboxylic acids is 3. The summed E-state index contributed by atoms with van der Waals surface area (Å²) in [6.07, 6.45) is 0. The van der Waals surface area contributed by atoms with Gasteiger partial charge in [0.15, 0.2) is 13.2 Å². The number of hydrogen-bond acceptors (Lipinski definition) is 7. The number of amides is 2. The molecule has 0 spiro atoms. The lowest BCUT2D eigenvalue weighted by molar-refractivity contribution is -0.124. The Morgan fingerprint density at radius 3 is 2.11 bits per heavy atom. The van der Waals surface area contributed by atoms with Crippen molar-refractivity contribution in [2.75, 3.05) is 32.8 Å². The molecule has 35 heavy (non-hydrogen) atoms. The van der Waals surface area contributed by atoms with Gasteiger partial charge >= 0.3 is 5.97 Å². The minimum absolute atomic E-state index is 0.213. The number of rotatable bonds is 11. The van der Waals surface area contributed by atoms with E-state index in [1.165, 1.54) is 12.1 Å². The molecule has 0 saturated heterocycles. The maximum Gasteiger partial charge on any atom is 0.338 e. The highest BCUT2D eigenvalue weighted by Crippen LogP contribution is 2.17. The van der Waals surface area contributed by atoms with E-state index in [1.54, 1.807) is 62.8 Å². The summed E-state index contributed by atoms with van der Waals surface area (Å²) in [5.41, 5.74) is 1.73. The maximum atomic E-state index is 12.2. The van der Waals surface area contributed by atoms with Crippen molar-refractivity contribution in [2.45, 2.75) is 6.54 Å². The second-order valence-electron chi connectivity index (χ2n) is 7.29. The van der Waals surface area contributed by atoms with E-state index in [0.29, 0.717) is 23.7 Å². The molecule has 2 amide bonds. The van der Waals surface area contributed by atoms with Gasteiger partial charge in [0.1, 0.15) is 17.2 Å². The highest BCUT2D eigenvalue weighted by atomic mass is 16.5. The quantitative estimate of drug-likeness (QED) is 0.407. The molecule has 0 aliphatic rings. The number of methoxy groups -OCH3 is 2. The number of nitrogens with one attached hydrogen (secondary N) is 2. The molecule has 0 saturated carbocycles. The van der Waals surface area contributed by atoms with Crippen LogP contribution in [0.15, 0.2) is 72.8 Å². The van der Waals surface area contributed by atoms with Crippen LogP contribution in [0.1, 0.15) is 15.9 Å². The molecular weight excluding hydrogens is 452 g/mol. The number of anilines is 1. The monoisotopic (exact) mass is 478 g/mol. The van der Waals surface area contributed by atoms with Gasteiger partial charge in [0, 0.05) is 18.3 Å². The van der Waals surface area contributed by atoms with Gasteiger partial charge in [-0.3, -0.25) is 9.59 Å². The normalized spacial score (nSPS) is 10.1. The number of ether oxygens (including phenoxy) is 4. The van der Waals surface area contributed by atoms with Crippen molar-refractivity contribution >= 4 is 23.5 Å². The van der Waals surface area contributed by atoms with Crippen molar-refractivity contribution in [1.29, 1.82) is 0 Å². The maximum absolute atomic E-state index is 12.2. The van der Waals surface area contributed by atoms with E-state index in [2.05, 4.69) is 10.6 Å². The van der Waals surface area contributed by atoms with Crippen LogP contribution in [-0.2, 0) is 20.9 Å². The van der Waals surface area contributed by atoms with Crippen LogP contribution in [0.25, 0.3) is 0 Å². The molecule has 3 aromatic rings. The van der Waals surface area contributed by atoms with Crippen molar-refractivity contribution in [3.63, 3.8) is 0 Å². The zero-order chi connectivity index (χ0) is 25.0. The summed E-state index contributed by atoms with van der Waals surface area (Å²) in [5, 5.41) is 5.39. The van der Waals surface area contributed by atoms with Gasteiger partial charge in [-0.05, 0) is 54.1 Å². The molecule has 0 fully saturated rings. The van der Waals surface area contributed by atoms with E-state index in [9.17, 15) is 14.4 Å². The Kier molecular flexibility index (Phi) is 9.07. The Balaban J connectivity index is 1.39. The van der Waals surface area contributed by atoms with Gasteiger partial charge in [0.05, 0.1) is 19.8 Å². The fraction of sp³-hybridized carbons (Fsp3) is 0.192. The molecule has 0 heterocycles. The number of carbonyl (C=O) groups is 3. The van der Waals surface area contributed by atoms with E-state index in [0.717, 1.165) is 11.3 Å². The molecule has 3 rings (SSSR count). The smallest absolute Gasteiger partial charge is 0.338 e. The Labute approximate surface area is 203 Å². The Morgan fingerprint density at radius 2 is 1.43 bits per heavy atom. The molecule has 0 aromatic heterocycles. The first-order valence-corrected chi connectivity index (χ1v) is 10.7. The van der Waals surface area contributed by atoms with Crippen LogP contribution in [0.3, 0.4) is 0 Å². The van der Waals surface area contributed by atoms with E-state index < -0.39 is 18.5 Å². The second kappa shape index (κ2) is 12.6. The third-order valence-electron chi connectivity index (χ3n) is 4.80. The lowest BCUT2D eigenvalue weighted by Crippen LogP contribution is -2.28. The molecule has 2 N–H and O–H groups in total. The van der Waals surface area contributed by atoms with Crippen LogP contribution < -0.4 is 24.8 Å². The molecule has 182 valence electrons. The second-order valence-corrected chi connectivity index (χ2v) is 7.29. The van der Waals surface area contributed by atoms with Gasteiger partial charge in [-0.1, -0.05) is 18.2 Å². The highest BCUT2D eigenvalue weighted by molar-refractivity contribution is 5.92. The van der Waals surface area contributed by atoms with Crippen LogP contribution in [0, 0.1) is 0 Å². The average molecular weight is 479 g/mol. The molecule has 0 aliphatic carbocycles. The third kappa shape index (κ3) is 8.08. The predicted octanol–water partition coefficient (Wildman–Crippen LogP) is 3.19. The van der Waals surface area contributed by atoms with Crippen LogP contribution in [0.4, 0.5) is 5.69 Å². The Bertz CT molecular complexity index is 1150. The van der Waals surface area contributed by atoms with Gasteiger partial charge in [-0.25, -0.2) is 4.79 Å². The van der Waals surface area contributed by atoms with Crippen molar-refractivity contribution in [2.24, 2.45) is 0 Å². The summed E-state index contributed by atoms with van der Waals surface area (Å²) in [4.78, 5) is 36.3. The highest BCUT2D eigenvalue weighted by Gasteiger charge is 2.11. The first kappa shape index (κ1) is 25.1. The van der Waals surface area contributed by atoms with Gasteiger partial charge in [0.25, 0.3) is 11.8 Å². The zero-order valence-corrected chi connectivity index (χ0v) is 19.4. The third-order valence-corrected chi connectivity index (χ3v) is 4.80. The first-order chi connectivity index (χ1) is 17.0. The molecule has 0 atom stereocenters. The van der Waals surface area contributed by atoms with Gasteiger partial charge < -0.3 is 29.6 Å². The molecule has 0 bridgehead atoms. The zero-order valence-electron chi connectivity index (χ0n) is 19.4. The summed E-state index contributed by atoms with van der Waals surface area (Å²) >= 11 is 0. The van der Waals surface area contributed by atoms with E-state index in [4.69, 9.17) is 18.9 Å².